The maximum absolute atomic E-state index is 6.28. The zero-order valence-corrected chi connectivity index (χ0v) is 25.2. The van der Waals surface area contributed by atoms with Crippen LogP contribution < -0.4 is 0 Å². The molecule has 9 aromatic rings. The van der Waals surface area contributed by atoms with Crippen molar-refractivity contribution in [3.05, 3.63) is 158 Å². The van der Waals surface area contributed by atoms with Gasteiger partial charge in [-0.05, 0) is 69.1 Å². The van der Waals surface area contributed by atoms with Crippen LogP contribution in [0.1, 0.15) is 0 Å². The molecule has 0 aliphatic carbocycles. The van der Waals surface area contributed by atoms with E-state index in [0.29, 0.717) is 28.9 Å². The third kappa shape index (κ3) is 5.00. The lowest BCUT2D eigenvalue weighted by Crippen LogP contribution is -2.00. The van der Waals surface area contributed by atoms with Gasteiger partial charge in [-0.1, -0.05) is 121 Å². The Morgan fingerprint density at radius 1 is 0.340 bits per heavy atom. The second-order valence-electron chi connectivity index (χ2n) is 11.5. The molecule has 0 aliphatic heterocycles. The first-order valence-corrected chi connectivity index (χ1v) is 15.6. The molecule has 0 amide bonds. The van der Waals surface area contributed by atoms with Crippen molar-refractivity contribution >= 4 is 32.6 Å². The Balaban J connectivity index is 1.09. The van der Waals surface area contributed by atoms with E-state index in [9.17, 15) is 0 Å². The van der Waals surface area contributed by atoms with E-state index in [1.54, 1.807) is 0 Å². The van der Waals surface area contributed by atoms with Crippen LogP contribution in [0.25, 0.3) is 89.4 Å². The maximum Gasteiger partial charge on any atom is 0.227 e. The van der Waals surface area contributed by atoms with E-state index in [-0.39, 0.29) is 0 Å². The van der Waals surface area contributed by atoms with Gasteiger partial charge in [0.25, 0.3) is 0 Å². The Labute approximate surface area is 270 Å². The summed E-state index contributed by atoms with van der Waals surface area (Å²) in [6.07, 6.45) is 0. The smallest absolute Gasteiger partial charge is 0.227 e. The summed E-state index contributed by atoms with van der Waals surface area (Å²) in [6.45, 7) is 0. The van der Waals surface area contributed by atoms with E-state index >= 15 is 0 Å². The van der Waals surface area contributed by atoms with Gasteiger partial charge in [0.1, 0.15) is 5.52 Å². The average molecular weight is 603 g/mol. The lowest BCUT2D eigenvalue weighted by molar-refractivity contribution is 0.620. The highest BCUT2D eigenvalue weighted by Crippen LogP contribution is 2.33. The summed E-state index contributed by atoms with van der Waals surface area (Å²) in [6, 6.07) is 53.8. The van der Waals surface area contributed by atoms with Crippen molar-refractivity contribution in [1.82, 2.24) is 19.9 Å². The highest BCUT2D eigenvalue weighted by Gasteiger charge is 2.15. The minimum absolute atomic E-state index is 0.566. The van der Waals surface area contributed by atoms with Crippen molar-refractivity contribution < 1.29 is 4.42 Å². The third-order valence-corrected chi connectivity index (χ3v) is 8.53. The van der Waals surface area contributed by atoms with Crippen molar-refractivity contribution in [2.45, 2.75) is 0 Å². The second-order valence-corrected chi connectivity index (χ2v) is 11.5. The molecule has 0 N–H and O–H groups in total. The van der Waals surface area contributed by atoms with Crippen LogP contribution in [-0.4, -0.2) is 19.9 Å². The van der Waals surface area contributed by atoms with E-state index in [1.165, 1.54) is 21.5 Å². The molecule has 0 fully saturated rings. The molecule has 0 atom stereocenters. The van der Waals surface area contributed by atoms with E-state index in [2.05, 4.69) is 72.8 Å². The van der Waals surface area contributed by atoms with Gasteiger partial charge >= 0.3 is 0 Å². The van der Waals surface area contributed by atoms with Gasteiger partial charge in [-0.25, -0.2) is 19.9 Å². The van der Waals surface area contributed by atoms with Gasteiger partial charge in [0.2, 0.25) is 5.89 Å². The van der Waals surface area contributed by atoms with Crippen LogP contribution in [0.15, 0.2) is 162 Å². The molecule has 9 rings (SSSR count). The maximum atomic E-state index is 6.28. The molecule has 0 aliphatic rings. The molecule has 0 bridgehead atoms. The van der Waals surface area contributed by atoms with Crippen molar-refractivity contribution in [2.75, 3.05) is 0 Å². The van der Waals surface area contributed by atoms with Crippen LogP contribution >= 0.6 is 0 Å². The lowest BCUT2D eigenvalue weighted by Gasteiger charge is -2.08. The highest BCUT2D eigenvalue weighted by molar-refractivity contribution is 6.08. The summed E-state index contributed by atoms with van der Waals surface area (Å²) in [5.74, 6) is 2.38. The van der Waals surface area contributed by atoms with Gasteiger partial charge in [-0.2, -0.15) is 0 Å². The van der Waals surface area contributed by atoms with Crippen molar-refractivity contribution in [2.24, 2.45) is 0 Å². The number of hydrogen-bond acceptors (Lipinski definition) is 5. The first-order valence-electron chi connectivity index (χ1n) is 15.6. The third-order valence-electron chi connectivity index (χ3n) is 8.53. The van der Waals surface area contributed by atoms with Crippen LogP contribution in [0.2, 0.25) is 0 Å². The lowest BCUT2D eigenvalue weighted by atomic mass is 9.97. The number of fused-ring (bicyclic) bond motifs is 4. The molecule has 2 aromatic heterocycles. The first kappa shape index (κ1) is 26.9. The van der Waals surface area contributed by atoms with E-state index in [4.69, 9.17) is 24.4 Å². The van der Waals surface area contributed by atoms with Crippen LogP contribution in [0.4, 0.5) is 0 Å². The molecule has 220 valence electrons. The van der Waals surface area contributed by atoms with Gasteiger partial charge in [0.05, 0.1) is 0 Å². The fourth-order valence-electron chi connectivity index (χ4n) is 6.15. The van der Waals surface area contributed by atoms with Crippen LogP contribution in [-0.2, 0) is 0 Å². The zero-order valence-electron chi connectivity index (χ0n) is 25.2. The second kappa shape index (κ2) is 11.2. The van der Waals surface area contributed by atoms with E-state index < -0.39 is 0 Å². The minimum Gasteiger partial charge on any atom is -0.436 e. The molecular weight excluding hydrogens is 576 g/mol. The largest absolute Gasteiger partial charge is 0.436 e. The molecule has 2 heterocycles. The van der Waals surface area contributed by atoms with Crippen LogP contribution in [0, 0.1) is 0 Å². The Morgan fingerprint density at radius 3 is 1.68 bits per heavy atom. The van der Waals surface area contributed by atoms with Crippen molar-refractivity contribution in [1.29, 1.82) is 0 Å². The molecule has 0 saturated heterocycles. The Bertz CT molecular complexity index is 2520. The molecule has 0 radical (unpaired) electrons. The SMILES string of the molecule is c1ccc(-c2nc(-c3ccccc3)nc(-c3ccc4oc(-c5cccc(-c6ccc7c(ccc8ccccc87)c6)c5)nc4c3)n2)cc1. The molecule has 5 heteroatoms. The van der Waals surface area contributed by atoms with Gasteiger partial charge in [0, 0.05) is 22.3 Å². The number of aromatic nitrogens is 4. The van der Waals surface area contributed by atoms with E-state index in [1.807, 2.05) is 84.9 Å². The number of rotatable bonds is 5. The number of oxazole rings is 1. The predicted octanol–water partition coefficient (Wildman–Crippen LogP) is 10.7. The molecule has 47 heavy (non-hydrogen) atoms. The Hall–Kier alpha value is -6.46. The van der Waals surface area contributed by atoms with Gasteiger partial charge in [0.15, 0.2) is 23.1 Å². The number of hydrogen-bond donors (Lipinski definition) is 0. The predicted molar refractivity (Wildman–Crippen MR) is 190 cm³/mol. The van der Waals surface area contributed by atoms with Crippen molar-refractivity contribution in [3.8, 4) is 56.7 Å². The summed E-state index contributed by atoms with van der Waals surface area (Å²) in [7, 11) is 0. The number of nitrogens with zero attached hydrogens (tertiary/aromatic N) is 4. The standard InChI is InChI=1S/C42H26N4O/c1-3-11-28(12-4-1)39-44-40(29-13-5-2-6-14-29)46-41(45-39)33-21-23-38-37(26-33)43-42(47-38)34-16-9-15-30(25-34)31-20-22-36-32(24-31)19-18-27-10-7-8-17-35(27)36/h1-26H. The summed E-state index contributed by atoms with van der Waals surface area (Å²) in [5, 5.41) is 4.98. The zero-order chi connectivity index (χ0) is 31.2. The summed E-state index contributed by atoms with van der Waals surface area (Å²) in [4.78, 5) is 19.5. The Kier molecular flexibility index (Phi) is 6.39. The normalized spacial score (nSPS) is 11.4. The van der Waals surface area contributed by atoms with Crippen LogP contribution in [0.5, 0.6) is 0 Å². The molecule has 5 nitrogen and oxygen atoms in total. The minimum atomic E-state index is 0.566. The van der Waals surface area contributed by atoms with Gasteiger partial charge in [-0.3, -0.25) is 0 Å². The monoisotopic (exact) mass is 602 g/mol. The van der Waals surface area contributed by atoms with Gasteiger partial charge in [-0.15, -0.1) is 0 Å². The molecule has 0 saturated carbocycles. The molecule has 7 aromatic carbocycles. The van der Waals surface area contributed by atoms with E-state index in [0.717, 1.165) is 38.9 Å². The molecular formula is C42H26N4O. The average Bonchev–Trinajstić information content (AvgIpc) is 3.59. The highest BCUT2D eigenvalue weighted by atomic mass is 16.3. The molecule has 0 spiro atoms. The van der Waals surface area contributed by atoms with Gasteiger partial charge < -0.3 is 4.42 Å². The summed E-state index contributed by atoms with van der Waals surface area (Å²) >= 11 is 0. The topological polar surface area (TPSA) is 64.7 Å². The van der Waals surface area contributed by atoms with Crippen LogP contribution in [0.3, 0.4) is 0 Å². The quantitative estimate of drug-likeness (QED) is 0.183. The summed E-state index contributed by atoms with van der Waals surface area (Å²) < 4.78 is 6.28. The fraction of sp³-hybridized carbons (Fsp3) is 0. The first-order chi connectivity index (χ1) is 23.2. The Morgan fingerprint density at radius 2 is 0.915 bits per heavy atom. The van der Waals surface area contributed by atoms with Crippen molar-refractivity contribution in [3.63, 3.8) is 0 Å². The molecule has 0 unspecified atom stereocenters. The summed E-state index contributed by atoms with van der Waals surface area (Å²) in [5.41, 5.74) is 7.30. The fourth-order valence-corrected chi connectivity index (χ4v) is 6.15. The number of benzene rings is 7.